The van der Waals surface area contributed by atoms with E-state index in [-0.39, 0.29) is 4.83 Å². The topological polar surface area (TPSA) is 24.4 Å². The van der Waals surface area contributed by atoms with Gasteiger partial charge in [-0.1, -0.05) is 57.9 Å². The third-order valence-electron chi connectivity index (χ3n) is 3.27. The van der Waals surface area contributed by atoms with Crippen molar-refractivity contribution < 1.29 is 0 Å². The maximum absolute atomic E-state index is 4.49. The molecule has 1 aliphatic rings. The molecule has 0 bridgehead atoms. The number of anilines is 1. The highest BCUT2D eigenvalue weighted by atomic mass is 79.9. The van der Waals surface area contributed by atoms with Crippen LogP contribution in [-0.2, 0) is 0 Å². The summed E-state index contributed by atoms with van der Waals surface area (Å²) in [6.45, 7) is 2.10. The molecule has 19 heavy (non-hydrogen) atoms. The Balaban J connectivity index is 1.98. The third-order valence-corrected chi connectivity index (χ3v) is 4.03. The summed E-state index contributed by atoms with van der Waals surface area (Å²) in [7, 11) is 0. The van der Waals surface area contributed by atoms with Gasteiger partial charge in [-0.15, -0.1) is 0 Å². The van der Waals surface area contributed by atoms with E-state index in [9.17, 15) is 0 Å². The first-order chi connectivity index (χ1) is 9.24. The molecule has 0 saturated heterocycles. The molecule has 3 heteroatoms. The molecule has 1 atom stereocenters. The van der Waals surface area contributed by atoms with Crippen LogP contribution in [0.5, 0.6) is 0 Å². The lowest BCUT2D eigenvalue weighted by molar-refractivity contribution is 1.000. The fraction of sp³-hybridized carbons (Fsp3) is 0.188. The van der Waals surface area contributed by atoms with Crippen LogP contribution >= 0.6 is 15.9 Å². The minimum Gasteiger partial charge on any atom is -0.342 e. The van der Waals surface area contributed by atoms with Crippen molar-refractivity contribution in [2.45, 2.75) is 18.2 Å². The van der Waals surface area contributed by atoms with Gasteiger partial charge in [-0.2, -0.15) is 0 Å². The highest BCUT2D eigenvalue weighted by Gasteiger charge is 2.17. The van der Waals surface area contributed by atoms with Gasteiger partial charge in [0.1, 0.15) is 5.84 Å². The standard InChI is InChI=1S/C16H15BrN2/c1-11-9-14(17)16(18-10-11)19-15-8-4-6-12-5-2-3-7-13(12)15/h2-8,10,14H,9H2,1H3,(H,18,19). The summed E-state index contributed by atoms with van der Waals surface area (Å²) < 4.78 is 0. The Morgan fingerprint density at radius 3 is 2.79 bits per heavy atom. The van der Waals surface area contributed by atoms with E-state index in [0.717, 1.165) is 17.9 Å². The Morgan fingerprint density at radius 2 is 1.95 bits per heavy atom. The van der Waals surface area contributed by atoms with Gasteiger partial charge in [0.05, 0.1) is 4.83 Å². The number of halogens is 1. The van der Waals surface area contributed by atoms with Gasteiger partial charge in [0.25, 0.3) is 0 Å². The Morgan fingerprint density at radius 1 is 1.16 bits per heavy atom. The second-order valence-corrected chi connectivity index (χ2v) is 5.92. The molecular formula is C16H15BrN2. The lowest BCUT2D eigenvalue weighted by Crippen LogP contribution is -2.25. The number of aliphatic imine (C=N–C) groups is 1. The molecule has 1 heterocycles. The first-order valence-corrected chi connectivity index (χ1v) is 7.28. The summed E-state index contributed by atoms with van der Waals surface area (Å²) in [6.07, 6.45) is 2.93. The first kappa shape index (κ1) is 12.4. The van der Waals surface area contributed by atoms with Gasteiger partial charge in [-0.3, -0.25) is 0 Å². The van der Waals surface area contributed by atoms with Gasteiger partial charge < -0.3 is 5.32 Å². The van der Waals surface area contributed by atoms with Gasteiger partial charge in [0.15, 0.2) is 0 Å². The van der Waals surface area contributed by atoms with E-state index in [1.807, 2.05) is 6.20 Å². The maximum Gasteiger partial charge on any atom is 0.120 e. The second kappa shape index (κ2) is 5.17. The number of amidine groups is 1. The summed E-state index contributed by atoms with van der Waals surface area (Å²) in [4.78, 5) is 4.75. The molecule has 0 fully saturated rings. The van der Waals surface area contributed by atoms with Crippen LogP contribution in [0.25, 0.3) is 10.8 Å². The summed E-state index contributed by atoms with van der Waals surface area (Å²) in [5.74, 6) is 0.974. The molecule has 2 aromatic rings. The number of nitrogens with zero attached hydrogens (tertiary/aromatic N) is 1. The number of nitrogens with one attached hydrogen (secondary N) is 1. The number of hydrogen-bond acceptors (Lipinski definition) is 2. The SMILES string of the molecule is CC1=CN=C(Nc2cccc3ccccc23)C(Br)C1. The molecule has 0 radical (unpaired) electrons. The Bertz CT molecular complexity index is 668. The van der Waals surface area contributed by atoms with E-state index in [0.29, 0.717) is 0 Å². The van der Waals surface area contributed by atoms with Crippen LogP contribution in [0.3, 0.4) is 0 Å². The van der Waals surface area contributed by atoms with Crippen LogP contribution in [0, 0.1) is 0 Å². The van der Waals surface area contributed by atoms with Gasteiger partial charge in [0, 0.05) is 17.3 Å². The van der Waals surface area contributed by atoms with Crippen LogP contribution < -0.4 is 5.32 Å². The summed E-state index contributed by atoms with van der Waals surface area (Å²) in [5.41, 5.74) is 2.40. The van der Waals surface area contributed by atoms with Crippen LogP contribution in [0.4, 0.5) is 5.69 Å². The summed E-state index contributed by atoms with van der Waals surface area (Å²) in [6, 6.07) is 14.7. The van der Waals surface area contributed by atoms with Gasteiger partial charge >= 0.3 is 0 Å². The minimum atomic E-state index is 0.261. The van der Waals surface area contributed by atoms with Gasteiger partial charge in [-0.25, -0.2) is 4.99 Å². The van der Waals surface area contributed by atoms with Crippen molar-refractivity contribution in [2.75, 3.05) is 5.32 Å². The number of hydrogen-bond donors (Lipinski definition) is 1. The normalized spacial score (nSPS) is 18.9. The molecule has 1 aliphatic heterocycles. The molecule has 0 amide bonds. The van der Waals surface area contributed by atoms with Crippen LogP contribution in [-0.4, -0.2) is 10.7 Å². The zero-order valence-corrected chi connectivity index (χ0v) is 12.3. The zero-order valence-electron chi connectivity index (χ0n) is 10.7. The highest BCUT2D eigenvalue weighted by molar-refractivity contribution is 9.10. The van der Waals surface area contributed by atoms with Crippen molar-refractivity contribution in [2.24, 2.45) is 4.99 Å². The van der Waals surface area contributed by atoms with Crippen molar-refractivity contribution in [1.82, 2.24) is 0 Å². The number of fused-ring (bicyclic) bond motifs is 1. The number of benzene rings is 2. The molecular weight excluding hydrogens is 300 g/mol. The molecule has 0 aliphatic carbocycles. The summed E-state index contributed by atoms with van der Waals surface area (Å²) >= 11 is 3.68. The van der Waals surface area contributed by atoms with E-state index < -0.39 is 0 Å². The third kappa shape index (κ3) is 2.56. The van der Waals surface area contributed by atoms with Crippen LogP contribution in [0.1, 0.15) is 13.3 Å². The molecule has 0 saturated carbocycles. The number of allylic oxidation sites excluding steroid dienone is 1. The predicted molar refractivity (Wildman–Crippen MR) is 86.1 cm³/mol. The quantitative estimate of drug-likeness (QED) is 0.757. The number of alkyl halides is 1. The second-order valence-electron chi connectivity index (χ2n) is 4.81. The smallest absolute Gasteiger partial charge is 0.120 e. The van der Waals surface area contributed by atoms with Crippen molar-refractivity contribution in [3.63, 3.8) is 0 Å². The lowest BCUT2D eigenvalue weighted by Gasteiger charge is -2.19. The molecule has 96 valence electrons. The average Bonchev–Trinajstić information content (AvgIpc) is 2.42. The van der Waals surface area contributed by atoms with Gasteiger partial charge in [0.2, 0.25) is 0 Å². The molecule has 3 rings (SSSR count). The van der Waals surface area contributed by atoms with Crippen LogP contribution in [0.15, 0.2) is 59.2 Å². The predicted octanol–water partition coefficient (Wildman–Crippen LogP) is 4.72. The zero-order chi connectivity index (χ0) is 13.2. The minimum absolute atomic E-state index is 0.261. The first-order valence-electron chi connectivity index (χ1n) is 6.36. The van der Waals surface area contributed by atoms with E-state index >= 15 is 0 Å². The van der Waals surface area contributed by atoms with Crippen molar-refractivity contribution >= 4 is 38.2 Å². The molecule has 2 aromatic carbocycles. The Hall–Kier alpha value is -1.61. The average molecular weight is 315 g/mol. The number of rotatable bonds is 1. The fourth-order valence-corrected chi connectivity index (χ4v) is 3.02. The molecule has 2 nitrogen and oxygen atoms in total. The van der Waals surface area contributed by atoms with Crippen LogP contribution in [0.2, 0.25) is 0 Å². The molecule has 0 spiro atoms. The van der Waals surface area contributed by atoms with E-state index in [1.165, 1.54) is 16.3 Å². The van der Waals surface area contributed by atoms with Crippen molar-refractivity contribution in [1.29, 1.82) is 0 Å². The lowest BCUT2D eigenvalue weighted by atomic mass is 10.1. The molecule has 1 N–H and O–H groups in total. The highest BCUT2D eigenvalue weighted by Crippen LogP contribution is 2.26. The fourth-order valence-electron chi connectivity index (χ4n) is 2.28. The molecule has 0 aromatic heterocycles. The van der Waals surface area contributed by atoms with Gasteiger partial charge in [-0.05, 0) is 24.8 Å². The summed E-state index contributed by atoms with van der Waals surface area (Å²) in [5, 5.41) is 5.91. The van der Waals surface area contributed by atoms with E-state index in [1.54, 1.807) is 0 Å². The maximum atomic E-state index is 4.49. The Kier molecular flexibility index (Phi) is 3.38. The molecule has 1 unspecified atom stereocenters. The van der Waals surface area contributed by atoms with E-state index in [2.05, 4.69) is 75.6 Å². The van der Waals surface area contributed by atoms with Crippen molar-refractivity contribution in [3.05, 3.63) is 54.2 Å². The largest absolute Gasteiger partial charge is 0.342 e. The Labute approximate surface area is 121 Å². The van der Waals surface area contributed by atoms with Crippen molar-refractivity contribution in [3.8, 4) is 0 Å². The van der Waals surface area contributed by atoms with E-state index in [4.69, 9.17) is 0 Å². The monoisotopic (exact) mass is 314 g/mol.